The van der Waals surface area contributed by atoms with E-state index in [1.807, 2.05) is 30.3 Å². The Balaban J connectivity index is 1.58. The molecule has 2 aromatic carbocycles. The molecule has 1 saturated carbocycles. The van der Waals surface area contributed by atoms with Crippen molar-refractivity contribution in [1.82, 2.24) is 0 Å². The van der Waals surface area contributed by atoms with Gasteiger partial charge in [-0.05, 0) is 67.4 Å². The molecule has 1 fully saturated rings. The van der Waals surface area contributed by atoms with Crippen LogP contribution in [0.4, 0.5) is 0 Å². The summed E-state index contributed by atoms with van der Waals surface area (Å²) in [6, 6.07) is 19.3. The average Bonchev–Trinajstić information content (AvgIpc) is 2.76. The lowest BCUT2D eigenvalue weighted by Crippen LogP contribution is -2.32. The number of hydrogen-bond acceptors (Lipinski definition) is 1. The van der Waals surface area contributed by atoms with Crippen molar-refractivity contribution in [3.05, 3.63) is 71.3 Å². The van der Waals surface area contributed by atoms with Crippen LogP contribution in [0.25, 0.3) is 0 Å². The number of carbonyl (C=O) groups excluding carboxylic acids is 1. The fraction of sp³-hybridized carbons (Fsp3) is 0.519. The average molecular weight is 377 g/mol. The van der Waals surface area contributed by atoms with E-state index in [9.17, 15) is 4.79 Å². The van der Waals surface area contributed by atoms with Crippen molar-refractivity contribution in [3.63, 3.8) is 0 Å². The van der Waals surface area contributed by atoms with Crippen molar-refractivity contribution >= 4 is 5.78 Å². The summed E-state index contributed by atoms with van der Waals surface area (Å²) >= 11 is 0. The summed E-state index contributed by atoms with van der Waals surface area (Å²) in [7, 11) is 0. The molecule has 0 aliphatic heterocycles. The van der Waals surface area contributed by atoms with E-state index in [4.69, 9.17) is 0 Å². The molecule has 3 rings (SSSR count). The lowest BCUT2D eigenvalue weighted by atomic mass is 9.64. The van der Waals surface area contributed by atoms with Crippen molar-refractivity contribution in [3.8, 4) is 0 Å². The van der Waals surface area contributed by atoms with Gasteiger partial charge in [-0.25, -0.2) is 0 Å². The van der Waals surface area contributed by atoms with Gasteiger partial charge in [0.15, 0.2) is 5.78 Å². The quantitative estimate of drug-likeness (QED) is 0.326. The molecule has 0 unspecified atom stereocenters. The molecule has 0 spiro atoms. The van der Waals surface area contributed by atoms with Crippen LogP contribution < -0.4 is 0 Å². The third kappa shape index (κ3) is 5.13. The summed E-state index contributed by atoms with van der Waals surface area (Å²) in [5.41, 5.74) is 4.18. The maximum Gasteiger partial charge on any atom is 0.163 e. The second kappa shape index (κ2) is 10.0. The van der Waals surface area contributed by atoms with Gasteiger partial charge >= 0.3 is 0 Å². The summed E-state index contributed by atoms with van der Waals surface area (Å²) in [5.74, 6) is 0.853. The van der Waals surface area contributed by atoms with Crippen molar-refractivity contribution in [1.29, 1.82) is 0 Å². The lowest BCUT2D eigenvalue weighted by molar-refractivity contribution is 0.0935. The molecule has 0 heterocycles. The number of ketones is 1. The Kier molecular flexibility index (Phi) is 7.48. The van der Waals surface area contributed by atoms with Crippen LogP contribution in [0.1, 0.15) is 93.1 Å². The van der Waals surface area contributed by atoms with Gasteiger partial charge in [-0.2, -0.15) is 0 Å². The van der Waals surface area contributed by atoms with E-state index in [2.05, 4.69) is 38.1 Å². The minimum atomic E-state index is 0.311. The number of hydrogen-bond donors (Lipinski definition) is 0. The van der Waals surface area contributed by atoms with Crippen molar-refractivity contribution < 1.29 is 4.79 Å². The molecule has 0 N–H and O–H groups in total. The Morgan fingerprint density at radius 1 is 0.929 bits per heavy atom. The zero-order valence-corrected chi connectivity index (χ0v) is 17.8. The zero-order valence-electron chi connectivity index (χ0n) is 17.8. The van der Waals surface area contributed by atoms with E-state index in [1.165, 1.54) is 68.9 Å². The molecule has 0 saturated heterocycles. The van der Waals surface area contributed by atoms with Crippen LogP contribution in [0.15, 0.2) is 54.6 Å². The highest BCUT2D eigenvalue weighted by Crippen LogP contribution is 2.45. The third-order valence-electron chi connectivity index (χ3n) is 6.94. The van der Waals surface area contributed by atoms with Crippen LogP contribution in [0.3, 0.4) is 0 Å². The molecule has 1 aliphatic rings. The second-order valence-electron chi connectivity index (χ2n) is 8.72. The van der Waals surface area contributed by atoms with Gasteiger partial charge in [0.25, 0.3) is 0 Å². The zero-order chi connectivity index (χ0) is 19.8. The number of rotatable bonds is 9. The molecule has 0 bridgehead atoms. The number of benzene rings is 2. The molecular formula is C27H36O. The van der Waals surface area contributed by atoms with Gasteiger partial charge in [-0.15, -0.1) is 0 Å². The second-order valence-corrected chi connectivity index (χ2v) is 8.72. The van der Waals surface area contributed by atoms with Gasteiger partial charge in [0.2, 0.25) is 0 Å². The van der Waals surface area contributed by atoms with Crippen molar-refractivity contribution in [2.24, 2.45) is 5.92 Å². The first kappa shape index (κ1) is 20.8. The van der Waals surface area contributed by atoms with Gasteiger partial charge < -0.3 is 0 Å². The SMILES string of the molecule is CCCCCc1ccc([C@]2(CC)CC[C@H](CC(=O)c3ccccc3)CC2)cc1. The first-order valence-electron chi connectivity index (χ1n) is 11.3. The Bertz CT molecular complexity index is 721. The number of carbonyl (C=O) groups is 1. The molecule has 2 aromatic rings. The van der Waals surface area contributed by atoms with Crippen LogP contribution in [-0.2, 0) is 11.8 Å². The highest BCUT2D eigenvalue weighted by molar-refractivity contribution is 5.96. The highest BCUT2D eigenvalue weighted by atomic mass is 16.1. The maximum absolute atomic E-state index is 12.6. The maximum atomic E-state index is 12.6. The van der Waals surface area contributed by atoms with Crippen LogP contribution in [0.5, 0.6) is 0 Å². The standard InChI is InChI=1S/C27H36O/c1-3-5-7-10-22-13-15-25(16-14-22)27(4-2)19-17-23(18-20-27)21-26(28)24-11-8-6-9-12-24/h6,8-9,11-16,23H,3-5,7,10,17-21H2,1-2H3/t23-,27+. The number of Topliss-reactive ketones (excluding diaryl/α,β-unsaturated/α-hetero) is 1. The van der Waals surface area contributed by atoms with Crippen LogP contribution >= 0.6 is 0 Å². The van der Waals surface area contributed by atoms with Crippen LogP contribution in [0.2, 0.25) is 0 Å². The van der Waals surface area contributed by atoms with E-state index in [0.29, 0.717) is 23.5 Å². The Hall–Kier alpha value is -1.89. The first-order chi connectivity index (χ1) is 13.7. The summed E-state index contributed by atoms with van der Waals surface area (Å²) in [5, 5.41) is 0. The lowest BCUT2D eigenvalue weighted by Gasteiger charge is -2.40. The summed E-state index contributed by atoms with van der Waals surface area (Å²) < 4.78 is 0. The fourth-order valence-corrected chi connectivity index (χ4v) is 4.89. The van der Waals surface area contributed by atoms with E-state index >= 15 is 0 Å². The van der Waals surface area contributed by atoms with Crippen LogP contribution in [-0.4, -0.2) is 5.78 Å². The summed E-state index contributed by atoms with van der Waals surface area (Å²) in [4.78, 5) is 12.6. The summed E-state index contributed by atoms with van der Waals surface area (Å²) in [6.07, 6.45) is 11.8. The Labute approximate surface area is 171 Å². The predicted octanol–water partition coefficient (Wildman–Crippen LogP) is 7.53. The van der Waals surface area contributed by atoms with E-state index < -0.39 is 0 Å². The minimum absolute atomic E-state index is 0.311. The van der Waals surface area contributed by atoms with E-state index in [-0.39, 0.29) is 0 Å². The first-order valence-corrected chi connectivity index (χ1v) is 11.3. The third-order valence-corrected chi connectivity index (χ3v) is 6.94. The topological polar surface area (TPSA) is 17.1 Å². The number of aryl methyl sites for hydroxylation is 1. The van der Waals surface area contributed by atoms with E-state index in [1.54, 1.807) is 0 Å². The van der Waals surface area contributed by atoms with E-state index in [0.717, 1.165) is 5.56 Å². The molecule has 1 aliphatic carbocycles. The fourth-order valence-electron chi connectivity index (χ4n) is 4.89. The Morgan fingerprint density at radius 3 is 2.21 bits per heavy atom. The Morgan fingerprint density at radius 2 is 1.61 bits per heavy atom. The molecule has 0 aromatic heterocycles. The molecule has 0 radical (unpaired) electrons. The molecule has 1 nitrogen and oxygen atoms in total. The summed E-state index contributed by atoms with van der Waals surface area (Å²) in [6.45, 7) is 4.60. The molecule has 28 heavy (non-hydrogen) atoms. The van der Waals surface area contributed by atoms with Crippen molar-refractivity contribution in [2.75, 3.05) is 0 Å². The minimum Gasteiger partial charge on any atom is -0.294 e. The largest absolute Gasteiger partial charge is 0.294 e. The van der Waals surface area contributed by atoms with Gasteiger partial charge in [0.1, 0.15) is 0 Å². The van der Waals surface area contributed by atoms with Gasteiger partial charge in [-0.1, -0.05) is 81.3 Å². The van der Waals surface area contributed by atoms with Gasteiger partial charge in [0, 0.05) is 12.0 Å². The van der Waals surface area contributed by atoms with Crippen LogP contribution in [0, 0.1) is 5.92 Å². The van der Waals surface area contributed by atoms with Crippen molar-refractivity contribution in [2.45, 2.75) is 83.5 Å². The monoisotopic (exact) mass is 376 g/mol. The normalized spacial score (nSPS) is 22.1. The van der Waals surface area contributed by atoms with Gasteiger partial charge in [0.05, 0.1) is 0 Å². The number of unbranched alkanes of at least 4 members (excludes halogenated alkanes) is 2. The molecule has 0 amide bonds. The molecule has 1 heteroatoms. The smallest absolute Gasteiger partial charge is 0.163 e. The molecule has 0 atom stereocenters. The highest BCUT2D eigenvalue weighted by Gasteiger charge is 2.35. The van der Waals surface area contributed by atoms with Gasteiger partial charge in [-0.3, -0.25) is 4.79 Å². The molecule has 150 valence electrons. The predicted molar refractivity (Wildman–Crippen MR) is 119 cm³/mol. The molecular weight excluding hydrogens is 340 g/mol.